The minimum absolute atomic E-state index is 0.206. The van der Waals surface area contributed by atoms with Crippen LogP contribution < -0.4 is 10.0 Å². The van der Waals surface area contributed by atoms with Crippen molar-refractivity contribution in [3.05, 3.63) is 42.0 Å². The van der Waals surface area contributed by atoms with Crippen molar-refractivity contribution < 1.29 is 8.42 Å². The Bertz CT molecular complexity index is 740. The topological polar surface area (TPSA) is 84.0 Å². The van der Waals surface area contributed by atoms with Crippen LogP contribution in [0.3, 0.4) is 0 Å². The molecule has 1 saturated carbocycles. The van der Waals surface area contributed by atoms with Gasteiger partial charge in [-0.15, -0.1) is 10.2 Å². The molecule has 2 aromatic rings. The minimum atomic E-state index is -3.63. The number of nitrogens with one attached hydrogen (secondary N) is 2. The second-order valence-corrected chi connectivity index (χ2v) is 6.83. The van der Waals surface area contributed by atoms with E-state index in [0.717, 1.165) is 18.4 Å². The summed E-state index contributed by atoms with van der Waals surface area (Å²) in [6, 6.07) is 10.5. The standard InChI is InChI=1S/C14H16N4O2S/c1-10-3-2-4-12(9-10)21(19,20)18-14-8-7-13(16-17-14)15-11-5-6-11/h2-4,7-9,11H,5-6H2,1H3,(H,15,16)(H,17,18). The number of anilines is 2. The fourth-order valence-electron chi connectivity index (χ4n) is 1.88. The van der Waals surface area contributed by atoms with E-state index in [1.165, 1.54) is 0 Å². The van der Waals surface area contributed by atoms with Crippen LogP contribution in [0.25, 0.3) is 0 Å². The molecule has 0 aliphatic heterocycles. The first-order valence-electron chi connectivity index (χ1n) is 6.73. The molecule has 1 aromatic carbocycles. The third kappa shape index (κ3) is 3.49. The average Bonchev–Trinajstić information content (AvgIpc) is 3.25. The first kappa shape index (κ1) is 13.8. The van der Waals surface area contributed by atoms with Crippen LogP contribution in [0.2, 0.25) is 0 Å². The highest BCUT2D eigenvalue weighted by Crippen LogP contribution is 2.23. The van der Waals surface area contributed by atoms with Gasteiger partial charge in [0.15, 0.2) is 5.82 Å². The highest BCUT2D eigenvalue weighted by atomic mass is 32.2. The second kappa shape index (κ2) is 5.33. The molecule has 0 amide bonds. The van der Waals surface area contributed by atoms with Crippen LogP contribution in [-0.4, -0.2) is 24.7 Å². The lowest BCUT2D eigenvalue weighted by molar-refractivity contribution is 0.601. The van der Waals surface area contributed by atoms with Crippen molar-refractivity contribution in [2.45, 2.75) is 30.7 Å². The fourth-order valence-corrected chi connectivity index (χ4v) is 2.98. The van der Waals surface area contributed by atoms with Crippen molar-refractivity contribution in [2.75, 3.05) is 10.0 Å². The number of aryl methyl sites for hydroxylation is 1. The van der Waals surface area contributed by atoms with E-state index in [4.69, 9.17) is 0 Å². The maximum absolute atomic E-state index is 12.2. The first-order valence-corrected chi connectivity index (χ1v) is 8.21. The van der Waals surface area contributed by atoms with E-state index >= 15 is 0 Å². The van der Waals surface area contributed by atoms with Crippen LogP contribution in [0.15, 0.2) is 41.3 Å². The lowest BCUT2D eigenvalue weighted by Crippen LogP contribution is -2.15. The van der Waals surface area contributed by atoms with Gasteiger partial charge in [-0.2, -0.15) is 0 Å². The molecule has 0 saturated heterocycles. The zero-order chi connectivity index (χ0) is 14.9. The van der Waals surface area contributed by atoms with E-state index in [2.05, 4.69) is 20.2 Å². The Labute approximate surface area is 123 Å². The summed E-state index contributed by atoms with van der Waals surface area (Å²) in [7, 11) is -3.63. The molecule has 0 unspecified atom stereocenters. The number of hydrogen-bond donors (Lipinski definition) is 2. The second-order valence-electron chi connectivity index (χ2n) is 5.14. The molecule has 21 heavy (non-hydrogen) atoms. The summed E-state index contributed by atoms with van der Waals surface area (Å²) in [5, 5.41) is 11.1. The number of sulfonamides is 1. The number of nitrogens with zero attached hydrogens (tertiary/aromatic N) is 2. The van der Waals surface area contributed by atoms with Crippen LogP contribution >= 0.6 is 0 Å². The van der Waals surface area contributed by atoms with Gasteiger partial charge >= 0.3 is 0 Å². The van der Waals surface area contributed by atoms with Gasteiger partial charge in [0.2, 0.25) is 0 Å². The Balaban J connectivity index is 1.75. The normalized spacial score (nSPS) is 14.7. The highest BCUT2D eigenvalue weighted by Gasteiger charge is 2.21. The van der Waals surface area contributed by atoms with Gasteiger partial charge in [0, 0.05) is 6.04 Å². The van der Waals surface area contributed by atoms with Crippen LogP contribution in [0, 0.1) is 6.92 Å². The quantitative estimate of drug-likeness (QED) is 0.884. The maximum atomic E-state index is 12.2. The predicted molar refractivity (Wildman–Crippen MR) is 80.7 cm³/mol. The van der Waals surface area contributed by atoms with Crippen LogP contribution in [0.5, 0.6) is 0 Å². The molecule has 3 rings (SSSR count). The summed E-state index contributed by atoms with van der Waals surface area (Å²) in [6.07, 6.45) is 2.28. The van der Waals surface area contributed by atoms with Crippen LogP contribution in [-0.2, 0) is 10.0 Å². The summed E-state index contributed by atoms with van der Waals surface area (Å²) < 4.78 is 26.9. The molecule has 2 N–H and O–H groups in total. The zero-order valence-electron chi connectivity index (χ0n) is 11.6. The highest BCUT2D eigenvalue weighted by molar-refractivity contribution is 7.92. The van der Waals surface area contributed by atoms with Crippen molar-refractivity contribution in [2.24, 2.45) is 0 Å². The van der Waals surface area contributed by atoms with Gasteiger partial charge in [0.1, 0.15) is 5.82 Å². The van der Waals surface area contributed by atoms with Gasteiger partial charge in [0.05, 0.1) is 4.90 Å². The SMILES string of the molecule is Cc1cccc(S(=O)(=O)Nc2ccc(NC3CC3)nn2)c1. The Kier molecular flexibility index (Phi) is 3.50. The van der Waals surface area contributed by atoms with E-state index < -0.39 is 10.0 Å². The predicted octanol–water partition coefficient (Wildman–Crippen LogP) is 2.16. The Morgan fingerprint density at radius 2 is 1.81 bits per heavy atom. The lowest BCUT2D eigenvalue weighted by Gasteiger charge is -2.08. The van der Waals surface area contributed by atoms with Crippen LogP contribution in [0.4, 0.5) is 11.6 Å². The van der Waals surface area contributed by atoms with Crippen molar-refractivity contribution in [3.8, 4) is 0 Å². The zero-order valence-corrected chi connectivity index (χ0v) is 12.4. The summed E-state index contributed by atoms with van der Waals surface area (Å²) in [4.78, 5) is 0.212. The Morgan fingerprint density at radius 1 is 1.10 bits per heavy atom. The molecule has 1 aliphatic carbocycles. The molecule has 0 bridgehead atoms. The molecule has 0 atom stereocenters. The largest absolute Gasteiger partial charge is 0.366 e. The molecule has 1 fully saturated rings. The molecule has 0 radical (unpaired) electrons. The number of benzene rings is 1. The van der Waals surface area contributed by atoms with Crippen molar-refractivity contribution in [1.29, 1.82) is 0 Å². The van der Waals surface area contributed by atoms with Gasteiger partial charge in [0.25, 0.3) is 10.0 Å². The van der Waals surface area contributed by atoms with Gasteiger partial charge in [-0.25, -0.2) is 8.42 Å². The smallest absolute Gasteiger partial charge is 0.263 e. The van der Waals surface area contributed by atoms with Crippen LogP contribution in [0.1, 0.15) is 18.4 Å². The summed E-state index contributed by atoms with van der Waals surface area (Å²) >= 11 is 0. The van der Waals surface area contributed by atoms with Gasteiger partial charge in [-0.05, 0) is 49.6 Å². The Hall–Kier alpha value is -2.15. The van der Waals surface area contributed by atoms with Crippen molar-refractivity contribution in [1.82, 2.24) is 10.2 Å². The number of aromatic nitrogens is 2. The molecule has 110 valence electrons. The van der Waals surface area contributed by atoms with E-state index in [-0.39, 0.29) is 10.7 Å². The van der Waals surface area contributed by atoms with Crippen molar-refractivity contribution in [3.63, 3.8) is 0 Å². The molecule has 1 aliphatic rings. The number of rotatable bonds is 5. The van der Waals surface area contributed by atoms with E-state index in [1.54, 1.807) is 30.3 Å². The Morgan fingerprint density at radius 3 is 2.43 bits per heavy atom. The monoisotopic (exact) mass is 304 g/mol. The maximum Gasteiger partial charge on any atom is 0.263 e. The first-order chi connectivity index (χ1) is 10.0. The average molecular weight is 304 g/mol. The number of hydrogen-bond acceptors (Lipinski definition) is 5. The molecule has 1 heterocycles. The van der Waals surface area contributed by atoms with Gasteiger partial charge in [-0.1, -0.05) is 12.1 Å². The minimum Gasteiger partial charge on any atom is -0.366 e. The van der Waals surface area contributed by atoms with E-state index in [9.17, 15) is 8.42 Å². The van der Waals surface area contributed by atoms with Gasteiger partial charge < -0.3 is 5.32 Å². The molecular formula is C14H16N4O2S. The molecule has 7 heteroatoms. The lowest BCUT2D eigenvalue weighted by atomic mass is 10.2. The van der Waals surface area contributed by atoms with E-state index in [1.807, 2.05) is 13.0 Å². The third-order valence-corrected chi connectivity index (χ3v) is 4.49. The van der Waals surface area contributed by atoms with Gasteiger partial charge in [-0.3, -0.25) is 4.72 Å². The summed E-state index contributed by atoms with van der Waals surface area (Å²) in [6.45, 7) is 1.84. The molecule has 0 spiro atoms. The third-order valence-electron chi connectivity index (χ3n) is 3.13. The fraction of sp³-hybridized carbons (Fsp3) is 0.286. The molecule has 1 aromatic heterocycles. The summed E-state index contributed by atoms with van der Waals surface area (Å²) in [5.41, 5.74) is 0.882. The molecule has 6 nitrogen and oxygen atoms in total. The molecular weight excluding hydrogens is 288 g/mol. The van der Waals surface area contributed by atoms with E-state index in [0.29, 0.717) is 11.9 Å². The summed E-state index contributed by atoms with van der Waals surface area (Å²) in [5.74, 6) is 0.869. The van der Waals surface area contributed by atoms with Crippen molar-refractivity contribution >= 4 is 21.7 Å².